The highest BCUT2D eigenvalue weighted by molar-refractivity contribution is 7.80. The number of carboxylic acids is 1. The van der Waals surface area contributed by atoms with Crippen LogP contribution in [0.1, 0.15) is 22.3 Å². The number of carboxylic acid groups (broad SMARTS) is 1. The van der Waals surface area contributed by atoms with Crippen molar-refractivity contribution in [3.05, 3.63) is 131 Å². The largest absolute Gasteiger partial charge is 0.508 e. The highest BCUT2D eigenvalue weighted by Gasteiger charge is 2.32. The third-order valence-corrected chi connectivity index (χ3v) is 8.76. The first-order chi connectivity index (χ1) is 25.4. The Balaban J connectivity index is 1.62. The van der Waals surface area contributed by atoms with Crippen LogP contribution in [0.4, 0.5) is 0 Å². The molecule has 14 heteroatoms. The fourth-order valence-corrected chi connectivity index (χ4v) is 5.61. The summed E-state index contributed by atoms with van der Waals surface area (Å²) in [6.07, 6.45) is -0.114. The molecule has 0 fully saturated rings. The van der Waals surface area contributed by atoms with Crippen LogP contribution in [-0.4, -0.2) is 80.9 Å². The maximum atomic E-state index is 14.1. The smallest absolute Gasteiger partial charge is 0.326 e. The van der Waals surface area contributed by atoms with Crippen molar-refractivity contribution in [2.24, 2.45) is 5.73 Å². The van der Waals surface area contributed by atoms with Crippen LogP contribution in [0, 0.1) is 0 Å². The Labute approximate surface area is 312 Å². The minimum Gasteiger partial charge on any atom is -0.508 e. The van der Waals surface area contributed by atoms with E-state index >= 15 is 0 Å². The number of aromatic hydroxyl groups is 2. The number of hydrogen-bond donors (Lipinski definition) is 9. The molecule has 5 atom stereocenters. The van der Waals surface area contributed by atoms with E-state index in [2.05, 4.69) is 33.9 Å². The van der Waals surface area contributed by atoms with Crippen LogP contribution in [-0.2, 0) is 49.7 Å². The van der Waals surface area contributed by atoms with E-state index in [1.807, 2.05) is 0 Å². The molecule has 4 aromatic carbocycles. The lowest BCUT2D eigenvalue weighted by molar-refractivity contribution is -0.142. The van der Waals surface area contributed by atoms with Crippen molar-refractivity contribution in [3.8, 4) is 11.5 Å². The minimum atomic E-state index is -1.37. The van der Waals surface area contributed by atoms with Gasteiger partial charge >= 0.3 is 5.97 Å². The van der Waals surface area contributed by atoms with Crippen molar-refractivity contribution >= 4 is 42.2 Å². The van der Waals surface area contributed by atoms with Gasteiger partial charge in [0.25, 0.3) is 0 Å². The molecule has 0 saturated heterocycles. The number of benzene rings is 4. The summed E-state index contributed by atoms with van der Waals surface area (Å²) in [4.78, 5) is 66.9. The van der Waals surface area contributed by atoms with Gasteiger partial charge in [-0.15, -0.1) is 0 Å². The number of hydrogen-bond acceptors (Lipinski definition) is 9. The summed E-state index contributed by atoms with van der Waals surface area (Å²) in [5.41, 5.74) is 8.39. The van der Waals surface area contributed by atoms with E-state index in [-0.39, 0.29) is 42.9 Å². The van der Waals surface area contributed by atoms with E-state index in [1.54, 1.807) is 72.8 Å². The molecule has 13 nitrogen and oxygen atoms in total. The minimum absolute atomic E-state index is 0.000696. The first-order valence-electron chi connectivity index (χ1n) is 16.9. The number of rotatable bonds is 18. The molecule has 278 valence electrons. The molecule has 4 amide bonds. The fourth-order valence-electron chi connectivity index (χ4n) is 5.44. The molecule has 53 heavy (non-hydrogen) atoms. The predicted octanol–water partition coefficient (Wildman–Crippen LogP) is 1.65. The van der Waals surface area contributed by atoms with Gasteiger partial charge in [-0.1, -0.05) is 84.9 Å². The van der Waals surface area contributed by atoms with Crippen molar-refractivity contribution < 1.29 is 39.3 Å². The van der Waals surface area contributed by atoms with Gasteiger partial charge in [-0.2, -0.15) is 12.6 Å². The average molecular weight is 742 g/mol. The summed E-state index contributed by atoms with van der Waals surface area (Å²) >= 11 is 4.09. The topological polar surface area (TPSA) is 220 Å². The van der Waals surface area contributed by atoms with Crippen LogP contribution < -0.4 is 27.0 Å². The summed E-state index contributed by atoms with van der Waals surface area (Å²) in [7, 11) is 0. The Hall–Kier alpha value is -5.86. The summed E-state index contributed by atoms with van der Waals surface area (Å²) in [6, 6.07) is 23.5. The number of phenolic OH excluding ortho intramolecular Hbond substituents is 2. The number of nitrogens with one attached hydrogen (secondary N) is 4. The Morgan fingerprint density at radius 3 is 1.13 bits per heavy atom. The van der Waals surface area contributed by atoms with E-state index in [1.165, 1.54) is 36.4 Å². The molecule has 9 N–H and O–H groups in total. The van der Waals surface area contributed by atoms with Crippen LogP contribution in [0.3, 0.4) is 0 Å². The van der Waals surface area contributed by atoms with Crippen molar-refractivity contribution in [1.29, 1.82) is 0 Å². The van der Waals surface area contributed by atoms with Crippen molar-refractivity contribution in [3.63, 3.8) is 0 Å². The molecule has 0 aliphatic rings. The Morgan fingerprint density at radius 1 is 0.491 bits per heavy atom. The van der Waals surface area contributed by atoms with Gasteiger partial charge in [0, 0.05) is 31.4 Å². The monoisotopic (exact) mass is 741 g/mol. The second-order valence-electron chi connectivity index (χ2n) is 12.5. The molecule has 0 bridgehead atoms. The standard InChI is InChI=1S/C39H43N5O8S/c40-30(23-53)35(47)41-31(19-24-7-3-1-4-8-24)36(48)43-33(21-26-11-15-28(45)16-12-26)37(49)42-32(20-25-9-5-2-6-10-25)38(50)44-34(39(51)52)22-27-13-17-29(46)18-14-27/h1-18,30-34,45-46,53H,19-23,40H2,(H,41,47)(H,42,49)(H,43,48)(H,44,50)(H,51,52)/t30-,31-,32-,33-,34-/m0/s1. The lowest BCUT2D eigenvalue weighted by atomic mass is 10.00. The predicted molar refractivity (Wildman–Crippen MR) is 201 cm³/mol. The third-order valence-electron chi connectivity index (χ3n) is 8.36. The summed E-state index contributed by atoms with van der Waals surface area (Å²) in [5, 5.41) is 40.1. The molecule has 0 radical (unpaired) electrons. The zero-order valence-corrected chi connectivity index (χ0v) is 29.6. The highest BCUT2D eigenvalue weighted by Crippen LogP contribution is 2.15. The number of nitrogens with two attached hydrogens (primary N) is 1. The molecule has 0 unspecified atom stereocenters. The van der Waals surface area contributed by atoms with Gasteiger partial charge in [0.2, 0.25) is 23.6 Å². The highest BCUT2D eigenvalue weighted by atomic mass is 32.1. The first kappa shape index (κ1) is 39.9. The van der Waals surface area contributed by atoms with Gasteiger partial charge in [0.15, 0.2) is 0 Å². The molecule has 0 aliphatic carbocycles. The lowest BCUT2D eigenvalue weighted by Crippen LogP contribution is -2.59. The molecule has 0 heterocycles. The van der Waals surface area contributed by atoms with Crippen LogP contribution in [0.15, 0.2) is 109 Å². The summed E-state index contributed by atoms with van der Waals surface area (Å²) in [5.74, 6) is -4.14. The Morgan fingerprint density at radius 2 is 0.792 bits per heavy atom. The Bertz CT molecular complexity index is 1830. The normalized spacial score (nSPS) is 13.7. The maximum absolute atomic E-state index is 14.1. The van der Waals surface area contributed by atoms with Gasteiger partial charge in [0.05, 0.1) is 6.04 Å². The van der Waals surface area contributed by atoms with E-state index in [0.29, 0.717) is 16.7 Å². The Kier molecular flexibility index (Phi) is 14.8. The van der Waals surface area contributed by atoms with Gasteiger partial charge in [-0.05, 0) is 46.5 Å². The van der Waals surface area contributed by atoms with Crippen LogP contribution in [0.2, 0.25) is 0 Å². The molecule has 0 aromatic heterocycles. The summed E-state index contributed by atoms with van der Waals surface area (Å²) in [6.45, 7) is 0. The quantitative estimate of drug-likeness (QED) is 0.0676. The zero-order valence-electron chi connectivity index (χ0n) is 28.7. The van der Waals surface area contributed by atoms with E-state index in [4.69, 9.17) is 5.73 Å². The van der Waals surface area contributed by atoms with E-state index < -0.39 is 59.8 Å². The molecule has 0 saturated carbocycles. The van der Waals surface area contributed by atoms with E-state index in [9.17, 15) is 39.3 Å². The molecule has 4 aromatic rings. The zero-order chi connectivity index (χ0) is 38.3. The van der Waals surface area contributed by atoms with Crippen LogP contribution in [0.5, 0.6) is 11.5 Å². The fraction of sp³-hybridized carbons (Fsp3) is 0.256. The van der Waals surface area contributed by atoms with Crippen molar-refractivity contribution in [2.75, 3.05) is 5.75 Å². The number of carbonyl (C=O) groups excluding carboxylic acids is 4. The van der Waals surface area contributed by atoms with E-state index in [0.717, 1.165) is 5.56 Å². The van der Waals surface area contributed by atoms with Gasteiger partial charge in [-0.25, -0.2) is 4.79 Å². The molecule has 4 rings (SSSR count). The van der Waals surface area contributed by atoms with Gasteiger partial charge < -0.3 is 42.3 Å². The number of carbonyl (C=O) groups is 5. The third kappa shape index (κ3) is 12.7. The number of phenols is 2. The second-order valence-corrected chi connectivity index (χ2v) is 12.9. The SMILES string of the molecule is N[C@@H](CS)C(=O)N[C@@H](Cc1ccccc1)C(=O)N[C@@H](Cc1ccc(O)cc1)C(=O)N[C@@H](Cc1ccccc1)C(=O)N[C@@H](Cc1ccc(O)cc1)C(=O)O. The van der Waals surface area contributed by atoms with Crippen molar-refractivity contribution in [2.45, 2.75) is 55.9 Å². The van der Waals surface area contributed by atoms with Crippen LogP contribution in [0.25, 0.3) is 0 Å². The molecule has 0 spiro atoms. The van der Waals surface area contributed by atoms with Crippen molar-refractivity contribution in [1.82, 2.24) is 21.3 Å². The lowest BCUT2D eigenvalue weighted by Gasteiger charge is -2.27. The number of aliphatic carboxylic acids is 1. The second kappa shape index (κ2) is 19.7. The van der Waals surface area contributed by atoms with Gasteiger partial charge in [-0.3, -0.25) is 19.2 Å². The maximum Gasteiger partial charge on any atom is 0.326 e. The molecular formula is C39H43N5O8S. The van der Waals surface area contributed by atoms with Crippen LogP contribution >= 0.6 is 12.6 Å². The number of amides is 4. The van der Waals surface area contributed by atoms with Gasteiger partial charge in [0.1, 0.15) is 35.7 Å². The first-order valence-corrected chi connectivity index (χ1v) is 17.5. The molecular weight excluding hydrogens is 699 g/mol. The average Bonchev–Trinajstić information content (AvgIpc) is 3.15. The number of thiol groups is 1. The summed E-state index contributed by atoms with van der Waals surface area (Å²) < 4.78 is 0. The molecule has 0 aliphatic heterocycles.